The van der Waals surface area contributed by atoms with Crippen LogP contribution in [0.4, 0.5) is 0 Å². The fourth-order valence-corrected chi connectivity index (χ4v) is 1.71. The minimum atomic E-state index is -0.761. The zero-order chi connectivity index (χ0) is 12.8. The summed E-state index contributed by atoms with van der Waals surface area (Å²) in [6, 6.07) is 7.31. The number of carboxylic acid groups (broad SMARTS) is 1. The van der Waals surface area contributed by atoms with Gasteiger partial charge in [-0.05, 0) is 44.6 Å². The van der Waals surface area contributed by atoms with Gasteiger partial charge in [0.1, 0.15) is 5.75 Å². The van der Waals surface area contributed by atoms with Crippen LogP contribution in [0, 0.1) is 0 Å². The topological polar surface area (TPSA) is 60.8 Å². The van der Waals surface area contributed by atoms with Gasteiger partial charge in [0.05, 0.1) is 0 Å². The highest BCUT2D eigenvalue weighted by Crippen LogP contribution is 2.22. The van der Waals surface area contributed by atoms with E-state index in [0.717, 1.165) is 12.1 Å². The maximum absolute atomic E-state index is 10.4. The van der Waals surface area contributed by atoms with Crippen molar-refractivity contribution in [1.29, 1.82) is 0 Å². The molecule has 0 aliphatic carbocycles. The number of aliphatic carboxylic acids is 1. The van der Waals surface area contributed by atoms with E-state index in [1.165, 1.54) is 0 Å². The summed E-state index contributed by atoms with van der Waals surface area (Å²) in [5.41, 5.74) is 1.03. The van der Waals surface area contributed by atoms with Crippen LogP contribution in [-0.4, -0.2) is 34.7 Å². The molecule has 1 aromatic rings. The molecule has 0 amide bonds. The van der Waals surface area contributed by atoms with Crippen molar-refractivity contribution in [2.45, 2.75) is 25.8 Å². The molecule has 0 aliphatic heterocycles. The molecule has 0 fully saturated rings. The van der Waals surface area contributed by atoms with Crippen molar-refractivity contribution < 1.29 is 15.0 Å². The number of carbonyl (C=O) groups is 1. The number of rotatable bonds is 6. The van der Waals surface area contributed by atoms with Crippen molar-refractivity contribution in [2.24, 2.45) is 0 Å². The van der Waals surface area contributed by atoms with Gasteiger partial charge in [0.15, 0.2) is 0 Å². The Kier molecular flexibility index (Phi) is 4.97. The van der Waals surface area contributed by atoms with Gasteiger partial charge in [-0.1, -0.05) is 12.1 Å². The lowest BCUT2D eigenvalue weighted by Gasteiger charge is -2.24. The highest BCUT2D eigenvalue weighted by atomic mass is 16.4. The van der Waals surface area contributed by atoms with E-state index in [1.807, 2.05) is 26.1 Å². The van der Waals surface area contributed by atoms with E-state index in [4.69, 9.17) is 5.11 Å². The Morgan fingerprint density at radius 3 is 2.76 bits per heavy atom. The van der Waals surface area contributed by atoms with Crippen molar-refractivity contribution in [3.05, 3.63) is 29.8 Å². The fourth-order valence-electron chi connectivity index (χ4n) is 1.71. The summed E-state index contributed by atoms with van der Waals surface area (Å²) in [7, 11) is 1.95. The molecule has 0 heterocycles. The summed E-state index contributed by atoms with van der Waals surface area (Å²) in [5.74, 6) is -0.503. The summed E-state index contributed by atoms with van der Waals surface area (Å²) < 4.78 is 0. The van der Waals surface area contributed by atoms with Gasteiger partial charge in [0.25, 0.3) is 0 Å². The second kappa shape index (κ2) is 6.25. The Morgan fingerprint density at radius 1 is 1.47 bits per heavy atom. The number of carboxylic acids is 1. The Labute approximate surface area is 101 Å². The van der Waals surface area contributed by atoms with Crippen LogP contribution >= 0.6 is 0 Å². The van der Waals surface area contributed by atoms with E-state index in [9.17, 15) is 9.90 Å². The number of phenolic OH excluding ortho intramolecular Hbond substituents is 1. The average molecular weight is 237 g/mol. The minimum absolute atomic E-state index is 0.163. The van der Waals surface area contributed by atoms with Crippen LogP contribution in [0.2, 0.25) is 0 Å². The number of hydrogen-bond donors (Lipinski definition) is 2. The van der Waals surface area contributed by atoms with E-state index in [2.05, 4.69) is 4.90 Å². The maximum Gasteiger partial charge on any atom is 0.303 e. The van der Waals surface area contributed by atoms with E-state index in [0.29, 0.717) is 6.42 Å². The van der Waals surface area contributed by atoms with Crippen molar-refractivity contribution in [2.75, 3.05) is 13.6 Å². The van der Waals surface area contributed by atoms with Gasteiger partial charge < -0.3 is 10.2 Å². The van der Waals surface area contributed by atoms with E-state index in [1.54, 1.807) is 12.1 Å². The quantitative estimate of drug-likeness (QED) is 0.796. The van der Waals surface area contributed by atoms with Crippen molar-refractivity contribution in [1.82, 2.24) is 4.90 Å². The first-order valence-electron chi connectivity index (χ1n) is 5.71. The standard InChI is InChI=1S/C13H19NO3/c1-10(11-5-3-6-12(15)9-11)14(2)8-4-7-13(16)17/h3,5-6,9-10,15H,4,7-8H2,1-2H3,(H,16,17). The summed E-state index contributed by atoms with van der Waals surface area (Å²) >= 11 is 0. The van der Waals surface area contributed by atoms with Crippen molar-refractivity contribution >= 4 is 5.97 Å². The molecule has 17 heavy (non-hydrogen) atoms. The molecule has 1 atom stereocenters. The Balaban J connectivity index is 2.51. The SMILES string of the molecule is CC(c1cccc(O)c1)N(C)CCCC(=O)O. The second-order valence-electron chi connectivity index (χ2n) is 4.25. The van der Waals surface area contributed by atoms with Crippen LogP contribution in [-0.2, 0) is 4.79 Å². The number of hydrogen-bond acceptors (Lipinski definition) is 3. The van der Waals surface area contributed by atoms with E-state index < -0.39 is 5.97 Å². The molecule has 4 nitrogen and oxygen atoms in total. The molecule has 4 heteroatoms. The molecule has 0 aliphatic rings. The lowest BCUT2D eigenvalue weighted by molar-refractivity contribution is -0.137. The maximum atomic E-state index is 10.4. The monoisotopic (exact) mass is 237 g/mol. The van der Waals surface area contributed by atoms with Gasteiger partial charge in [-0.2, -0.15) is 0 Å². The van der Waals surface area contributed by atoms with Crippen LogP contribution in [0.3, 0.4) is 0 Å². The lowest BCUT2D eigenvalue weighted by atomic mass is 10.1. The Hall–Kier alpha value is -1.55. The lowest BCUT2D eigenvalue weighted by Crippen LogP contribution is -2.24. The predicted molar refractivity (Wildman–Crippen MR) is 66.0 cm³/mol. The Bertz CT molecular complexity index is 379. The van der Waals surface area contributed by atoms with Crippen molar-refractivity contribution in [3.63, 3.8) is 0 Å². The van der Waals surface area contributed by atoms with Gasteiger partial charge in [0, 0.05) is 12.5 Å². The number of benzene rings is 1. The molecule has 0 saturated carbocycles. The number of phenols is 1. The first kappa shape index (κ1) is 13.5. The Morgan fingerprint density at radius 2 is 2.18 bits per heavy atom. The highest BCUT2D eigenvalue weighted by Gasteiger charge is 2.12. The van der Waals surface area contributed by atoms with Crippen LogP contribution in [0.1, 0.15) is 31.4 Å². The van der Waals surface area contributed by atoms with Gasteiger partial charge >= 0.3 is 5.97 Å². The second-order valence-corrected chi connectivity index (χ2v) is 4.25. The van der Waals surface area contributed by atoms with Crippen LogP contribution in [0.25, 0.3) is 0 Å². The zero-order valence-electron chi connectivity index (χ0n) is 10.3. The van der Waals surface area contributed by atoms with Crippen LogP contribution in [0.15, 0.2) is 24.3 Å². The highest BCUT2D eigenvalue weighted by molar-refractivity contribution is 5.66. The molecule has 94 valence electrons. The van der Waals surface area contributed by atoms with E-state index >= 15 is 0 Å². The van der Waals surface area contributed by atoms with Crippen molar-refractivity contribution in [3.8, 4) is 5.75 Å². The molecule has 0 radical (unpaired) electrons. The van der Waals surface area contributed by atoms with Crippen LogP contribution in [0.5, 0.6) is 5.75 Å². The van der Waals surface area contributed by atoms with E-state index in [-0.39, 0.29) is 18.2 Å². The summed E-state index contributed by atoms with van der Waals surface area (Å²) in [4.78, 5) is 12.5. The molecule has 1 unspecified atom stereocenters. The number of nitrogens with zero attached hydrogens (tertiary/aromatic N) is 1. The summed E-state index contributed by atoms with van der Waals surface area (Å²) in [5, 5.41) is 18.0. The molecule has 1 aromatic carbocycles. The predicted octanol–water partition coefficient (Wildman–Crippen LogP) is 2.25. The molecule has 0 bridgehead atoms. The molecule has 0 saturated heterocycles. The summed E-state index contributed by atoms with van der Waals surface area (Å²) in [6.45, 7) is 2.76. The molecular formula is C13H19NO3. The minimum Gasteiger partial charge on any atom is -0.508 e. The third-order valence-corrected chi connectivity index (χ3v) is 2.92. The van der Waals surface area contributed by atoms with Gasteiger partial charge in [-0.25, -0.2) is 0 Å². The molecule has 2 N–H and O–H groups in total. The normalized spacial score (nSPS) is 12.6. The van der Waals surface area contributed by atoms with Gasteiger partial charge in [-0.3, -0.25) is 9.69 Å². The third-order valence-electron chi connectivity index (χ3n) is 2.92. The molecular weight excluding hydrogens is 218 g/mol. The first-order chi connectivity index (χ1) is 8.00. The third kappa shape index (κ3) is 4.44. The van der Waals surface area contributed by atoms with Gasteiger partial charge in [0.2, 0.25) is 0 Å². The summed E-state index contributed by atoms with van der Waals surface area (Å²) in [6.07, 6.45) is 0.825. The number of aromatic hydroxyl groups is 1. The molecule has 1 rings (SSSR count). The molecule has 0 aromatic heterocycles. The zero-order valence-corrected chi connectivity index (χ0v) is 10.3. The molecule has 0 spiro atoms. The van der Waals surface area contributed by atoms with Gasteiger partial charge in [-0.15, -0.1) is 0 Å². The fraction of sp³-hybridized carbons (Fsp3) is 0.462. The smallest absolute Gasteiger partial charge is 0.303 e. The average Bonchev–Trinajstić information content (AvgIpc) is 2.27. The first-order valence-corrected chi connectivity index (χ1v) is 5.71. The largest absolute Gasteiger partial charge is 0.508 e. The van der Waals surface area contributed by atoms with Crippen LogP contribution < -0.4 is 0 Å².